The smallest absolute Gasteiger partial charge is 0.127 e. The predicted molar refractivity (Wildman–Crippen MR) is 45.1 cm³/mol. The summed E-state index contributed by atoms with van der Waals surface area (Å²) in [5, 5.41) is 1.10. The minimum absolute atomic E-state index is 1.03. The van der Waals surface area contributed by atoms with E-state index in [0.717, 1.165) is 14.0 Å². The second-order valence-corrected chi connectivity index (χ2v) is 4.24. The van der Waals surface area contributed by atoms with Crippen molar-refractivity contribution in [1.29, 1.82) is 0 Å². The molecule has 2 rings (SSSR count). The van der Waals surface area contributed by atoms with Crippen molar-refractivity contribution in [3.05, 3.63) is 22.4 Å². The maximum Gasteiger partial charge on any atom is 0.127 e. The Labute approximate surface area is 70.1 Å². The molecule has 0 aromatic carbocycles. The Bertz CT molecular complexity index is 324. The lowest BCUT2D eigenvalue weighted by atomic mass is 10.4. The summed E-state index contributed by atoms with van der Waals surface area (Å²) in [6.07, 6.45) is 3.37. The van der Waals surface area contributed by atoms with Crippen LogP contribution in [0.5, 0.6) is 0 Å². The first kappa shape index (κ1) is 6.24. The highest BCUT2D eigenvalue weighted by molar-refractivity contribution is 9.11. The van der Waals surface area contributed by atoms with Gasteiger partial charge in [0.05, 0.1) is 3.79 Å². The number of aromatic nitrogens is 2. The second kappa shape index (κ2) is 2.29. The van der Waals surface area contributed by atoms with E-state index < -0.39 is 0 Å². The summed E-state index contributed by atoms with van der Waals surface area (Å²) < 4.78 is 1.10. The largest absolute Gasteiger partial charge is 0.244 e. The van der Waals surface area contributed by atoms with Crippen LogP contribution < -0.4 is 0 Å². The highest BCUT2D eigenvalue weighted by Gasteiger charge is 1.97. The molecule has 0 aliphatic heterocycles. The number of nitrogens with zero attached hydrogens (tertiary/aromatic N) is 2. The summed E-state index contributed by atoms with van der Waals surface area (Å²) in [5.41, 5.74) is 0. The Morgan fingerprint density at radius 2 is 2.40 bits per heavy atom. The molecule has 0 bridgehead atoms. The zero-order chi connectivity index (χ0) is 6.97. The van der Waals surface area contributed by atoms with Crippen LogP contribution in [0.15, 0.2) is 22.4 Å². The molecule has 2 aromatic heterocycles. The van der Waals surface area contributed by atoms with Gasteiger partial charge in [-0.1, -0.05) is 0 Å². The van der Waals surface area contributed by atoms with Crippen LogP contribution in [-0.2, 0) is 0 Å². The van der Waals surface area contributed by atoms with Crippen molar-refractivity contribution in [3.8, 4) is 0 Å². The summed E-state index contributed by atoms with van der Waals surface area (Å²) in [5.74, 6) is 0. The molecule has 0 N–H and O–H groups in total. The molecule has 2 heterocycles. The van der Waals surface area contributed by atoms with E-state index in [9.17, 15) is 0 Å². The minimum atomic E-state index is 1.03. The molecule has 0 radical (unpaired) electrons. The van der Waals surface area contributed by atoms with E-state index in [0.29, 0.717) is 0 Å². The van der Waals surface area contributed by atoms with Crippen molar-refractivity contribution in [1.82, 2.24) is 9.97 Å². The zero-order valence-corrected chi connectivity index (χ0v) is 7.32. The van der Waals surface area contributed by atoms with Crippen LogP contribution in [0.3, 0.4) is 0 Å². The van der Waals surface area contributed by atoms with Gasteiger partial charge >= 0.3 is 0 Å². The van der Waals surface area contributed by atoms with Gasteiger partial charge in [-0.2, -0.15) is 0 Å². The fourth-order valence-corrected chi connectivity index (χ4v) is 2.16. The van der Waals surface area contributed by atoms with Gasteiger partial charge in [-0.05, 0) is 22.0 Å². The van der Waals surface area contributed by atoms with Crippen LogP contribution in [-0.4, -0.2) is 9.97 Å². The van der Waals surface area contributed by atoms with Gasteiger partial charge in [0.2, 0.25) is 0 Å². The lowest BCUT2D eigenvalue weighted by molar-refractivity contribution is 1.23. The van der Waals surface area contributed by atoms with E-state index in [1.54, 1.807) is 17.7 Å². The van der Waals surface area contributed by atoms with E-state index in [-0.39, 0.29) is 0 Å². The average molecular weight is 215 g/mol. The molecule has 0 saturated carbocycles. The Morgan fingerprint density at radius 3 is 3.20 bits per heavy atom. The molecular formula is C6H3BrN2S. The number of hydrogen-bond donors (Lipinski definition) is 0. The third-order valence-electron chi connectivity index (χ3n) is 1.17. The molecule has 0 aliphatic carbocycles. The fraction of sp³-hybridized carbons (Fsp3) is 0. The molecule has 0 aliphatic rings. The van der Waals surface area contributed by atoms with Gasteiger partial charge in [0.15, 0.2) is 0 Å². The average Bonchev–Trinajstić information content (AvgIpc) is 2.27. The van der Waals surface area contributed by atoms with Crippen LogP contribution in [0, 0.1) is 0 Å². The van der Waals surface area contributed by atoms with Gasteiger partial charge in [0, 0.05) is 11.6 Å². The first-order valence-electron chi connectivity index (χ1n) is 2.71. The third kappa shape index (κ3) is 0.932. The van der Waals surface area contributed by atoms with Gasteiger partial charge < -0.3 is 0 Å². The maximum atomic E-state index is 4.08. The van der Waals surface area contributed by atoms with Gasteiger partial charge in [0.1, 0.15) is 11.2 Å². The zero-order valence-electron chi connectivity index (χ0n) is 4.91. The highest BCUT2D eigenvalue weighted by Crippen LogP contribution is 2.26. The summed E-state index contributed by atoms with van der Waals surface area (Å²) in [6, 6.07) is 2.01. The molecule has 0 fully saturated rings. The Balaban J connectivity index is 2.88. The van der Waals surface area contributed by atoms with E-state index in [1.165, 1.54) is 0 Å². The minimum Gasteiger partial charge on any atom is -0.244 e. The first-order valence-corrected chi connectivity index (χ1v) is 4.32. The van der Waals surface area contributed by atoms with Crippen LogP contribution in [0.4, 0.5) is 0 Å². The topological polar surface area (TPSA) is 25.8 Å². The van der Waals surface area contributed by atoms with E-state index >= 15 is 0 Å². The lowest BCUT2D eigenvalue weighted by Crippen LogP contribution is -1.71. The van der Waals surface area contributed by atoms with Crippen molar-refractivity contribution < 1.29 is 0 Å². The number of thiophene rings is 1. The normalized spacial score (nSPS) is 10.5. The molecule has 50 valence electrons. The molecule has 2 aromatic rings. The molecule has 0 amide bonds. The first-order chi connectivity index (χ1) is 4.86. The Hall–Kier alpha value is -0.480. The van der Waals surface area contributed by atoms with E-state index in [4.69, 9.17) is 0 Å². The number of rotatable bonds is 0. The molecule has 0 spiro atoms. The number of fused-ring (bicyclic) bond motifs is 1. The number of hydrogen-bond acceptors (Lipinski definition) is 3. The quantitative estimate of drug-likeness (QED) is 0.674. The number of halogens is 1. The van der Waals surface area contributed by atoms with Crippen LogP contribution >= 0.6 is 27.3 Å². The molecule has 0 unspecified atom stereocenters. The Morgan fingerprint density at radius 1 is 1.50 bits per heavy atom. The summed E-state index contributed by atoms with van der Waals surface area (Å²) in [6.45, 7) is 0. The van der Waals surface area contributed by atoms with Crippen molar-refractivity contribution in [2.75, 3.05) is 0 Å². The van der Waals surface area contributed by atoms with Crippen LogP contribution in [0.2, 0.25) is 0 Å². The van der Waals surface area contributed by atoms with Gasteiger partial charge in [0.25, 0.3) is 0 Å². The van der Waals surface area contributed by atoms with Gasteiger partial charge in [-0.15, -0.1) is 11.3 Å². The second-order valence-electron chi connectivity index (χ2n) is 1.83. The van der Waals surface area contributed by atoms with E-state index in [2.05, 4.69) is 25.9 Å². The maximum absolute atomic E-state index is 4.08. The molecule has 0 atom stereocenters. The van der Waals surface area contributed by atoms with Gasteiger partial charge in [-0.3, -0.25) is 0 Å². The highest BCUT2D eigenvalue weighted by atomic mass is 79.9. The molecular weight excluding hydrogens is 212 g/mol. The molecule has 0 saturated heterocycles. The van der Waals surface area contributed by atoms with E-state index in [1.807, 2.05) is 12.3 Å². The predicted octanol–water partition coefficient (Wildman–Crippen LogP) is 2.45. The monoisotopic (exact) mass is 214 g/mol. The van der Waals surface area contributed by atoms with Crippen LogP contribution in [0.25, 0.3) is 10.2 Å². The van der Waals surface area contributed by atoms with Crippen LogP contribution in [0.1, 0.15) is 0 Å². The van der Waals surface area contributed by atoms with Crippen molar-refractivity contribution >= 4 is 37.5 Å². The summed E-state index contributed by atoms with van der Waals surface area (Å²) in [4.78, 5) is 9.01. The van der Waals surface area contributed by atoms with Gasteiger partial charge in [-0.25, -0.2) is 9.97 Å². The van der Waals surface area contributed by atoms with Crippen molar-refractivity contribution in [2.45, 2.75) is 0 Å². The molecule has 4 heteroatoms. The summed E-state index contributed by atoms with van der Waals surface area (Å²) >= 11 is 4.99. The summed E-state index contributed by atoms with van der Waals surface area (Å²) in [7, 11) is 0. The lowest BCUT2D eigenvalue weighted by Gasteiger charge is -1.80. The van der Waals surface area contributed by atoms with Crippen molar-refractivity contribution in [2.24, 2.45) is 0 Å². The van der Waals surface area contributed by atoms with Crippen molar-refractivity contribution in [3.63, 3.8) is 0 Å². The fourth-order valence-electron chi connectivity index (χ4n) is 0.758. The standard InChI is InChI=1S/C6H3BrN2S/c7-5-1-4-2-8-3-9-6(4)10-5/h1-3H. The third-order valence-corrected chi connectivity index (χ3v) is 2.73. The SMILES string of the molecule is Brc1cc2cncnc2s1. The Kier molecular flexibility index (Phi) is 1.43. The molecule has 2 nitrogen and oxygen atoms in total. The molecule has 10 heavy (non-hydrogen) atoms.